The molecule has 0 aliphatic carbocycles. The number of likely N-dealkylation sites (N-methyl/N-ethyl adjacent to an activating group) is 5. The molecule has 0 bridgehead atoms. The Labute approximate surface area is 857 Å². The predicted molar refractivity (Wildman–Crippen MR) is 573 cm³/mol. The summed E-state index contributed by atoms with van der Waals surface area (Å²) in [6.07, 6.45) is 21.5. The lowest BCUT2D eigenvalue weighted by atomic mass is 9.97. The summed E-state index contributed by atoms with van der Waals surface area (Å²) in [7, 11) is 8.95. The Hall–Kier alpha value is -18.9. The van der Waals surface area contributed by atoms with Crippen molar-refractivity contribution in [1.82, 2.24) is 138 Å². The molecule has 760 valence electrons. The molecule has 6 amide bonds. The van der Waals surface area contributed by atoms with Gasteiger partial charge in [-0.15, -0.1) is 0 Å². The molecule has 0 atom stereocenters. The lowest BCUT2D eigenvalue weighted by molar-refractivity contribution is -0.131. The maximum Gasteiger partial charge on any atom is 0.274 e. The molecule has 25 heterocycles. The van der Waals surface area contributed by atoms with Crippen LogP contribution in [0.4, 0.5) is 92.6 Å². The van der Waals surface area contributed by atoms with Gasteiger partial charge in [-0.3, -0.25) is 52.5 Å². The molecule has 0 saturated carbocycles. The first-order chi connectivity index (χ1) is 72.5. The summed E-state index contributed by atoms with van der Waals surface area (Å²) in [5.41, 5.74) is 45.7. The highest BCUT2D eigenvalue weighted by atomic mass is 16.2. The Morgan fingerprint density at radius 1 is 0.313 bits per heavy atom. The normalized spacial score (nSPS) is 15.2. The highest BCUT2D eigenvalue weighted by molar-refractivity contribution is 6.05. The Morgan fingerprint density at radius 2 is 0.627 bits per heavy atom. The molecule has 8 aliphatic rings. The van der Waals surface area contributed by atoms with Crippen LogP contribution >= 0.6 is 0 Å². The minimum atomic E-state index is -0.111. The van der Waals surface area contributed by atoms with E-state index in [4.69, 9.17) is 28.0 Å². The van der Waals surface area contributed by atoms with Crippen molar-refractivity contribution in [3.63, 3.8) is 0 Å². The van der Waals surface area contributed by atoms with Crippen LogP contribution in [0, 0.1) is 27.7 Å². The van der Waals surface area contributed by atoms with E-state index in [0.29, 0.717) is 170 Å². The number of nitrogens with two attached hydrogens (primary N) is 4. The molecule has 46 heteroatoms. The largest absolute Gasteiger partial charge is 0.383 e. The van der Waals surface area contributed by atoms with E-state index in [2.05, 4.69) is 152 Å². The number of anilines is 16. The smallest absolute Gasteiger partial charge is 0.274 e. The first kappa shape index (κ1) is 95.9. The Balaban J connectivity index is 0.000000113. The zero-order valence-corrected chi connectivity index (χ0v) is 83.9. The maximum atomic E-state index is 12.7. The van der Waals surface area contributed by atoms with E-state index in [1.807, 2.05) is 118 Å². The molecule has 25 rings (SSSR count). The molecule has 150 heavy (non-hydrogen) atoms. The number of nitrogen functional groups attached to an aromatic ring is 4. The van der Waals surface area contributed by atoms with Crippen LogP contribution in [0.5, 0.6) is 0 Å². The molecule has 0 unspecified atom stereocenters. The zero-order valence-electron chi connectivity index (χ0n) is 83.9. The van der Waals surface area contributed by atoms with Crippen molar-refractivity contribution in [2.24, 2.45) is 0 Å². The van der Waals surface area contributed by atoms with Gasteiger partial charge in [0.1, 0.15) is 72.0 Å². The number of aryl methyl sites for hydroxylation is 2. The first-order valence-corrected chi connectivity index (χ1v) is 49.2. The van der Waals surface area contributed by atoms with Crippen molar-refractivity contribution in [3.8, 4) is 45.0 Å². The van der Waals surface area contributed by atoms with E-state index >= 15 is 0 Å². The van der Waals surface area contributed by atoms with Crippen LogP contribution in [0.2, 0.25) is 0 Å². The number of carbonyl (C=O) groups excluding carboxylic acids is 6. The number of carbonyl (C=O) groups is 6. The van der Waals surface area contributed by atoms with E-state index < -0.39 is 0 Å². The number of nitrogens with zero attached hydrogens (tertiary/aromatic N) is 27. The van der Waals surface area contributed by atoms with Gasteiger partial charge in [-0.1, -0.05) is 6.58 Å². The summed E-state index contributed by atoms with van der Waals surface area (Å²) in [6.45, 7) is 20.7. The van der Waals surface area contributed by atoms with Crippen molar-refractivity contribution in [1.29, 1.82) is 0 Å². The van der Waals surface area contributed by atoms with E-state index in [-0.39, 0.29) is 55.1 Å². The topological polar surface area (TPSA) is 575 Å². The standard InChI is InChI=1S/C27H27N11O.C26H28N10O2.C26H27N9O.C25H26N10O2/c1-15-18(12-32-25-24(15)30-4-7-36(2)27(25)39)20-9-16-10-21(31-13-19(16)26(28)33-20)34-22-11-17-3-6-37-8-5-29-23(37)14-38(17)35-22;1-14-17(11-30-24-23(14)28-5-7-35(3)26(24)38)19-8-15-9-20(29-12-18(15)25(27)31-19)32-21-10-16-4-6-34(2)22(37)13-36(16)33-21;1-14-4-6-28-25-15(2)18(11-30-24(14)25)20-8-16-9-21(29-12-19(16)26(27)31-20)32-22-10-17-5-7-34(3)23(36)13-35(17)33-22;1-13-16(10-30-23-22(13)28-5-6-34(2)25(23)37)18-7-14-8-19(29-11-17(14)24(26)31-18)32-20-9-15-3-4-27-21(36)12-35(15)33-20/h5,8-13,30H,3-4,6-7,14H2,1-2H3,(H2,28,33)(H,31,34,35);8-12,28H,4-7,13H2,1-3H3,(H2,27,31)(H,29,32,33);8-12,28H,1,4-7,13H2,2-3H3,(H2,27,31)(H,29,32,33);7-11,28H,3-6,12H2,1-2H3,(H2,26,31)(H,27,36)(H,29,32,33). The van der Waals surface area contributed by atoms with Crippen LogP contribution < -0.4 is 70.8 Å². The number of nitrogens with one attached hydrogen (secondary N) is 9. The van der Waals surface area contributed by atoms with Gasteiger partial charge in [-0.25, -0.2) is 59.8 Å². The third-order valence-electron chi connectivity index (χ3n) is 28.4. The summed E-state index contributed by atoms with van der Waals surface area (Å²) in [4.78, 5) is 142. The number of imidazole rings is 1. The molecular weight excluding hydrogens is 1910 g/mol. The van der Waals surface area contributed by atoms with E-state index in [1.54, 1.807) is 110 Å². The van der Waals surface area contributed by atoms with Crippen LogP contribution in [0.3, 0.4) is 0 Å². The molecule has 17 aromatic rings. The van der Waals surface area contributed by atoms with Crippen molar-refractivity contribution >= 4 is 177 Å². The van der Waals surface area contributed by atoms with Crippen LogP contribution in [0.15, 0.2) is 141 Å². The third kappa shape index (κ3) is 18.7. The Morgan fingerprint density at radius 3 is 0.993 bits per heavy atom. The quantitative estimate of drug-likeness (QED) is 0.0541. The molecule has 17 N–H and O–H groups in total. The van der Waals surface area contributed by atoms with Gasteiger partial charge in [0.2, 0.25) is 17.7 Å². The van der Waals surface area contributed by atoms with Crippen LogP contribution in [-0.2, 0) is 72.8 Å². The minimum Gasteiger partial charge on any atom is -0.383 e. The van der Waals surface area contributed by atoms with Crippen molar-refractivity contribution in [3.05, 3.63) is 215 Å². The van der Waals surface area contributed by atoms with Gasteiger partial charge in [-0.05, 0) is 132 Å². The number of hydrogen-bond donors (Lipinski definition) is 13. The van der Waals surface area contributed by atoms with Crippen LogP contribution in [0.1, 0.15) is 94.4 Å². The number of amides is 6. The van der Waals surface area contributed by atoms with Crippen LogP contribution in [-0.4, -0.2) is 269 Å². The summed E-state index contributed by atoms with van der Waals surface area (Å²) >= 11 is 0. The van der Waals surface area contributed by atoms with Gasteiger partial charge in [-0.2, -0.15) is 20.4 Å². The first-order valence-electron chi connectivity index (χ1n) is 49.2. The van der Waals surface area contributed by atoms with Crippen molar-refractivity contribution in [2.45, 2.75) is 92.5 Å². The molecule has 0 aromatic carbocycles. The molecule has 0 fully saturated rings. The Kier molecular flexibility index (Phi) is 25.1. The number of fused-ring (bicyclic) bond motifs is 13. The second-order valence-corrected chi connectivity index (χ2v) is 38.3. The summed E-state index contributed by atoms with van der Waals surface area (Å²) in [6, 6.07) is 23.4. The van der Waals surface area contributed by atoms with Crippen LogP contribution in [0.25, 0.3) is 93.7 Å². The summed E-state index contributed by atoms with van der Waals surface area (Å²) < 4.78 is 9.34. The SMILES string of the molecule is C=C1CCNc2c1ncc(-c1cc3cc(Nc4cc5n(n4)CC(=O)N(C)CC5)ncc3c(N)n1)c2C.Cc1c(-c2cc3cc(Nc4cc5n(n4)CC(=O)N(C)CC5)ncc3c(N)n2)cnc2c1NCCN(C)C2=O.Cc1c(-c2cc3cc(Nc4cc5n(n4)CC(=O)NCC5)ncc3c(N)n2)cnc2c1NCCN(C)C2=O.Cc1c(-c2cc3cc(Nc4cc5n(n4)Cc4nccn4CC5)ncc3c(N)n2)cnc2c1NCCN(C)C2=O. The van der Waals surface area contributed by atoms with Gasteiger partial charge in [0, 0.05) is 286 Å². The van der Waals surface area contributed by atoms with Gasteiger partial charge in [0.05, 0.1) is 57.8 Å². The Bertz CT molecular complexity index is 8450. The maximum absolute atomic E-state index is 12.7. The van der Waals surface area contributed by atoms with Crippen molar-refractivity contribution in [2.75, 3.05) is 166 Å². The van der Waals surface area contributed by atoms with Gasteiger partial charge in [0.25, 0.3) is 17.7 Å². The van der Waals surface area contributed by atoms with E-state index in [1.165, 1.54) is 0 Å². The number of rotatable bonds is 12. The average Bonchev–Trinajstić information content (AvgIpc) is 1.22. The second kappa shape index (κ2) is 39.2. The molecule has 8 aliphatic heterocycles. The summed E-state index contributed by atoms with van der Waals surface area (Å²) in [5.74, 6) is 7.29. The van der Waals surface area contributed by atoms with Crippen molar-refractivity contribution < 1.29 is 28.8 Å². The van der Waals surface area contributed by atoms with E-state index in [9.17, 15) is 28.8 Å². The van der Waals surface area contributed by atoms with Gasteiger partial charge in [0.15, 0.2) is 40.4 Å². The predicted octanol–water partition coefficient (Wildman–Crippen LogP) is 9.91. The lowest BCUT2D eigenvalue weighted by Gasteiger charge is -2.22. The molecule has 0 spiro atoms. The van der Waals surface area contributed by atoms with Gasteiger partial charge < -0.3 is 99.9 Å². The number of hydrogen-bond acceptors (Lipinski definition) is 35. The second-order valence-electron chi connectivity index (χ2n) is 38.3. The fourth-order valence-electron chi connectivity index (χ4n) is 19.8. The average molecular weight is 2010 g/mol. The molecule has 46 nitrogen and oxygen atoms in total. The number of aromatic nitrogens is 22. The fraction of sp³-hybridized carbons (Fsp3) is 0.279. The van der Waals surface area contributed by atoms with Gasteiger partial charge >= 0.3 is 0 Å². The zero-order chi connectivity index (χ0) is 104. The summed E-state index contributed by atoms with van der Waals surface area (Å²) in [5, 5.41) is 54.3. The monoisotopic (exact) mass is 2010 g/mol. The number of pyridine rings is 12. The molecule has 17 aromatic heterocycles. The molecular formula is C104H108N40O6. The highest BCUT2D eigenvalue weighted by Gasteiger charge is 2.33. The minimum absolute atomic E-state index is 0.0342. The third-order valence-corrected chi connectivity index (χ3v) is 28.4. The fourth-order valence-corrected chi connectivity index (χ4v) is 19.8. The highest BCUT2D eigenvalue weighted by Crippen LogP contribution is 2.42. The molecule has 0 radical (unpaired) electrons. The van der Waals surface area contributed by atoms with E-state index in [0.717, 1.165) is 200 Å². The molecule has 0 saturated heterocycles. The lowest BCUT2D eigenvalue weighted by Crippen LogP contribution is -2.29.